The number of hydrogen-bond acceptors (Lipinski definition) is 5. The van der Waals surface area contributed by atoms with Crippen molar-refractivity contribution in [2.75, 3.05) is 24.9 Å². The van der Waals surface area contributed by atoms with E-state index in [0.29, 0.717) is 28.6 Å². The molecule has 0 aliphatic carbocycles. The molecule has 8 heteroatoms. The van der Waals surface area contributed by atoms with Gasteiger partial charge in [-0.25, -0.2) is 4.39 Å². The number of methoxy groups -OCH3 is 2. The number of nitrogens with one attached hydrogen (secondary N) is 2. The molecule has 0 saturated carbocycles. The van der Waals surface area contributed by atoms with Gasteiger partial charge in [0, 0.05) is 11.8 Å². The van der Waals surface area contributed by atoms with Crippen LogP contribution < -0.4 is 24.8 Å². The van der Waals surface area contributed by atoms with Crippen LogP contribution in [0, 0.1) is 5.82 Å². The topological polar surface area (TPSA) is 68.8 Å². The summed E-state index contributed by atoms with van der Waals surface area (Å²) in [6.07, 6.45) is 0. The molecule has 2 N–H and O–H groups in total. The summed E-state index contributed by atoms with van der Waals surface area (Å²) in [4.78, 5) is 12.5. The minimum atomic E-state index is -0.608. The number of carbonyl (C=O) groups excluding carboxylic acids is 1. The summed E-state index contributed by atoms with van der Waals surface area (Å²) in [5, 5.41) is 5.91. The Hall–Kier alpha value is -3.45. The molecule has 3 aromatic carbocycles. The summed E-state index contributed by atoms with van der Waals surface area (Å²) in [7, 11) is 3.14. The number of benzene rings is 3. The molecule has 0 aromatic heterocycles. The second-order valence-electron chi connectivity index (χ2n) is 6.62. The van der Waals surface area contributed by atoms with E-state index in [9.17, 15) is 9.18 Å². The van der Waals surface area contributed by atoms with Gasteiger partial charge in [0.25, 0.3) is 0 Å². The molecular weight excluding hydrogens is 423 g/mol. The molecule has 6 nitrogen and oxygen atoms in total. The fraction of sp³-hybridized carbons (Fsp3) is 0.174. The van der Waals surface area contributed by atoms with E-state index < -0.39 is 11.9 Å². The summed E-state index contributed by atoms with van der Waals surface area (Å²) in [5.74, 6) is 1.53. The van der Waals surface area contributed by atoms with Crippen LogP contribution in [0.2, 0.25) is 5.02 Å². The van der Waals surface area contributed by atoms with Crippen LogP contribution in [0.15, 0.2) is 60.7 Å². The van der Waals surface area contributed by atoms with Crippen molar-refractivity contribution >= 4 is 28.9 Å². The van der Waals surface area contributed by atoms with Crippen LogP contribution in [0.4, 0.5) is 15.8 Å². The molecule has 0 bridgehead atoms. The molecule has 0 fully saturated rings. The predicted molar refractivity (Wildman–Crippen MR) is 119 cm³/mol. The lowest BCUT2D eigenvalue weighted by Crippen LogP contribution is -2.31. The fourth-order valence-corrected chi connectivity index (χ4v) is 2.98. The van der Waals surface area contributed by atoms with E-state index in [-0.39, 0.29) is 10.9 Å². The van der Waals surface area contributed by atoms with E-state index in [1.165, 1.54) is 12.1 Å². The molecule has 0 aliphatic rings. The largest absolute Gasteiger partial charge is 0.497 e. The summed E-state index contributed by atoms with van der Waals surface area (Å²) < 4.78 is 29.6. The second kappa shape index (κ2) is 10.0. The van der Waals surface area contributed by atoms with Crippen molar-refractivity contribution < 1.29 is 23.4 Å². The molecule has 0 heterocycles. The van der Waals surface area contributed by atoms with Crippen LogP contribution in [0.5, 0.6) is 23.0 Å². The highest BCUT2D eigenvalue weighted by molar-refractivity contribution is 6.33. The fourth-order valence-electron chi connectivity index (χ4n) is 2.76. The van der Waals surface area contributed by atoms with E-state index in [4.69, 9.17) is 25.8 Å². The highest BCUT2D eigenvalue weighted by atomic mass is 35.5. The quantitative estimate of drug-likeness (QED) is 0.464. The van der Waals surface area contributed by atoms with Gasteiger partial charge in [0.15, 0.2) is 11.5 Å². The molecule has 1 atom stereocenters. The molecule has 3 aromatic rings. The minimum Gasteiger partial charge on any atom is -0.497 e. The standard InChI is InChI=1S/C23H22ClFN2O4/c1-14(23(28)27-20-10-4-15(25)12-19(20)24)26-16-5-11-21(30-3)22(13-16)31-18-8-6-17(29-2)7-9-18/h4-14,26H,1-3H3,(H,27,28). The lowest BCUT2D eigenvalue weighted by molar-refractivity contribution is -0.116. The second-order valence-corrected chi connectivity index (χ2v) is 7.03. The van der Waals surface area contributed by atoms with E-state index in [1.807, 2.05) is 0 Å². The van der Waals surface area contributed by atoms with Gasteiger partial charge in [0.05, 0.1) is 24.9 Å². The minimum absolute atomic E-state index is 0.125. The zero-order valence-corrected chi connectivity index (χ0v) is 18.0. The first-order chi connectivity index (χ1) is 14.9. The van der Waals surface area contributed by atoms with Gasteiger partial charge in [0.2, 0.25) is 5.91 Å². The van der Waals surface area contributed by atoms with Crippen LogP contribution >= 0.6 is 11.6 Å². The van der Waals surface area contributed by atoms with Crippen molar-refractivity contribution in [3.63, 3.8) is 0 Å². The maximum absolute atomic E-state index is 13.2. The monoisotopic (exact) mass is 444 g/mol. The average molecular weight is 445 g/mol. The summed E-state index contributed by atoms with van der Waals surface area (Å²) in [6.45, 7) is 1.70. The Bertz CT molecular complexity index is 1060. The van der Waals surface area contributed by atoms with Crippen LogP contribution in [-0.4, -0.2) is 26.2 Å². The average Bonchev–Trinajstić information content (AvgIpc) is 2.76. The zero-order chi connectivity index (χ0) is 22.4. The van der Waals surface area contributed by atoms with Crippen LogP contribution in [0.1, 0.15) is 6.92 Å². The van der Waals surface area contributed by atoms with Crippen molar-refractivity contribution in [1.82, 2.24) is 0 Å². The van der Waals surface area contributed by atoms with Gasteiger partial charge in [-0.15, -0.1) is 0 Å². The number of ether oxygens (including phenoxy) is 3. The number of amides is 1. The molecule has 31 heavy (non-hydrogen) atoms. The molecule has 0 aliphatic heterocycles. The third kappa shape index (κ3) is 5.79. The Balaban J connectivity index is 1.71. The van der Waals surface area contributed by atoms with Crippen LogP contribution in [0.25, 0.3) is 0 Å². The number of rotatable bonds is 8. The van der Waals surface area contributed by atoms with Gasteiger partial charge < -0.3 is 24.8 Å². The first-order valence-corrected chi connectivity index (χ1v) is 9.80. The number of hydrogen-bond donors (Lipinski definition) is 2. The van der Waals surface area contributed by atoms with Gasteiger partial charge in [-0.1, -0.05) is 11.6 Å². The highest BCUT2D eigenvalue weighted by Crippen LogP contribution is 2.35. The molecule has 162 valence electrons. The third-order valence-corrected chi connectivity index (χ3v) is 4.73. The predicted octanol–water partition coefficient (Wildman–Crippen LogP) is 5.73. The Labute approximate surface area is 184 Å². The third-order valence-electron chi connectivity index (χ3n) is 4.42. The van der Waals surface area contributed by atoms with Crippen LogP contribution in [0.3, 0.4) is 0 Å². The maximum atomic E-state index is 13.2. The molecule has 3 rings (SSSR count). The Morgan fingerprint density at radius 1 is 0.935 bits per heavy atom. The normalized spacial score (nSPS) is 11.4. The maximum Gasteiger partial charge on any atom is 0.246 e. The molecule has 0 saturated heterocycles. The number of anilines is 2. The molecule has 1 amide bonds. The lowest BCUT2D eigenvalue weighted by atomic mass is 10.2. The summed E-state index contributed by atoms with van der Waals surface area (Å²) in [6, 6.07) is 15.6. The Kier molecular flexibility index (Phi) is 7.20. The van der Waals surface area contributed by atoms with Crippen LogP contribution in [-0.2, 0) is 4.79 Å². The summed E-state index contributed by atoms with van der Waals surface area (Å²) >= 11 is 5.98. The zero-order valence-electron chi connectivity index (χ0n) is 17.2. The smallest absolute Gasteiger partial charge is 0.246 e. The van der Waals surface area contributed by atoms with Crippen molar-refractivity contribution in [1.29, 1.82) is 0 Å². The SMILES string of the molecule is COc1ccc(Oc2cc(NC(C)C(=O)Nc3ccc(F)cc3Cl)ccc2OC)cc1. The molecule has 1 unspecified atom stereocenters. The van der Waals surface area contributed by atoms with E-state index in [1.54, 1.807) is 63.6 Å². The van der Waals surface area contributed by atoms with E-state index in [0.717, 1.165) is 11.8 Å². The van der Waals surface area contributed by atoms with Crippen molar-refractivity contribution in [2.24, 2.45) is 0 Å². The summed E-state index contributed by atoms with van der Waals surface area (Å²) in [5.41, 5.74) is 0.983. The highest BCUT2D eigenvalue weighted by Gasteiger charge is 2.16. The van der Waals surface area contributed by atoms with Gasteiger partial charge >= 0.3 is 0 Å². The number of carbonyl (C=O) groups is 1. The van der Waals surface area contributed by atoms with Crippen molar-refractivity contribution in [3.8, 4) is 23.0 Å². The molecule has 0 radical (unpaired) electrons. The van der Waals surface area contributed by atoms with E-state index in [2.05, 4.69) is 10.6 Å². The van der Waals surface area contributed by atoms with Crippen molar-refractivity contribution in [3.05, 3.63) is 71.5 Å². The number of halogens is 2. The van der Waals surface area contributed by atoms with Gasteiger partial charge in [-0.3, -0.25) is 4.79 Å². The van der Waals surface area contributed by atoms with Crippen molar-refractivity contribution in [2.45, 2.75) is 13.0 Å². The van der Waals surface area contributed by atoms with E-state index >= 15 is 0 Å². The van der Waals surface area contributed by atoms with Gasteiger partial charge in [-0.05, 0) is 61.5 Å². The Morgan fingerprint density at radius 3 is 2.29 bits per heavy atom. The van der Waals surface area contributed by atoms with Gasteiger partial charge in [0.1, 0.15) is 23.4 Å². The first kappa shape index (κ1) is 22.2. The Morgan fingerprint density at radius 2 is 1.65 bits per heavy atom. The lowest BCUT2D eigenvalue weighted by Gasteiger charge is -2.18. The first-order valence-electron chi connectivity index (χ1n) is 9.42. The molecular formula is C23H22ClFN2O4. The molecule has 0 spiro atoms. The van der Waals surface area contributed by atoms with Gasteiger partial charge in [-0.2, -0.15) is 0 Å².